The maximum Gasteiger partial charge on any atom is 0.339 e. The lowest BCUT2D eigenvalue weighted by Gasteiger charge is -2.14. The third-order valence-electron chi connectivity index (χ3n) is 2.76. The zero-order valence-electron chi connectivity index (χ0n) is 12.2. The van der Waals surface area contributed by atoms with E-state index in [-0.39, 0.29) is 28.1 Å². The molecule has 0 N–H and O–H groups in total. The standard InChI is InChI=1S/C15H10BrF2NO4S/c1-2-22-14-4-9(8-19)3-13(16)15(14)23-24(20,21)12-6-10(17)5-11(18)7-12/h3-7H,2H2,1H3. The van der Waals surface area contributed by atoms with Crippen molar-refractivity contribution in [3.8, 4) is 17.6 Å². The fourth-order valence-electron chi connectivity index (χ4n) is 1.81. The number of nitrogens with zero attached hydrogens (tertiary/aromatic N) is 1. The molecule has 5 nitrogen and oxygen atoms in total. The van der Waals surface area contributed by atoms with E-state index in [9.17, 15) is 17.2 Å². The molecule has 0 aliphatic heterocycles. The molecule has 24 heavy (non-hydrogen) atoms. The molecule has 0 atom stereocenters. The van der Waals surface area contributed by atoms with Crippen molar-refractivity contribution < 1.29 is 26.1 Å². The van der Waals surface area contributed by atoms with Crippen molar-refractivity contribution in [2.24, 2.45) is 0 Å². The second kappa shape index (κ2) is 7.15. The van der Waals surface area contributed by atoms with Crippen LogP contribution in [-0.2, 0) is 10.1 Å². The van der Waals surface area contributed by atoms with Gasteiger partial charge in [-0.2, -0.15) is 13.7 Å². The predicted octanol–water partition coefficient (Wildman–Crippen LogP) is 3.77. The summed E-state index contributed by atoms with van der Waals surface area (Å²) >= 11 is 3.09. The Hall–Kier alpha value is -2.18. The summed E-state index contributed by atoms with van der Waals surface area (Å²) in [6.07, 6.45) is 0. The zero-order valence-corrected chi connectivity index (χ0v) is 14.6. The summed E-state index contributed by atoms with van der Waals surface area (Å²) in [4.78, 5) is -0.682. The molecule has 9 heteroatoms. The van der Waals surface area contributed by atoms with Crippen molar-refractivity contribution in [1.29, 1.82) is 5.26 Å². The van der Waals surface area contributed by atoms with Crippen molar-refractivity contribution >= 4 is 26.0 Å². The van der Waals surface area contributed by atoms with Crippen LogP contribution in [0.5, 0.6) is 11.5 Å². The van der Waals surface area contributed by atoms with E-state index in [2.05, 4.69) is 15.9 Å². The first kappa shape index (κ1) is 18.2. The first-order valence-corrected chi connectivity index (χ1v) is 8.74. The van der Waals surface area contributed by atoms with E-state index >= 15 is 0 Å². The molecule has 126 valence electrons. The average molecular weight is 418 g/mol. The van der Waals surface area contributed by atoms with Gasteiger partial charge in [0.15, 0.2) is 11.5 Å². The van der Waals surface area contributed by atoms with Crippen molar-refractivity contribution in [2.75, 3.05) is 6.61 Å². The van der Waals surface area contributed by atoms with Crippen molar-refractivity contribution in [3.63, 3.8) is 0 Å². The van der Waals surface area contributed by atoms with Gasteiger partial charge < -0.3 is 8.92 Å². The lowest BCUT2D eigenvalue weighted by atomic mass is 10.2. The monoisotopic (exact) mass is 417 g/mol. The number of nitriles is 1. The molecule has 0 spiro atoms. The Morgan fingerprint density at radius 1 is 1.17 bits per heavy atom. The quantitative estimate of drug-likeness (QED) is 0.692. The second-order valence-electron chi connectivity index (χ2n) is 4.47. The van der Waals surface area contributed by atoms with Crippen LogP contribution < -0.4 is 8.92 Å². The molecule has 0 amide bonds. The topological polar surface area (TPSA) is 76.4 Å². The van der Waals surface area contributed by atoms with Gasteiger partial charge in [0, 0.05) is 12.1 Å². The summed E-state index contributed by atoms with van der Waals surface area (Å²) in [5, 5.41) is 8.95. The maximum atomic E-state index is 13.2. The van der Waals surface area contributed by atoms with E-state index in [0.717, 1.165) is 0 Å². The van der Waals surface area contributed by atoms with Gasteiger partial charge in [-0.15, -0.1) is 0 Å². The van der Waals surface area contributed by atoms with E-state index in [1.165, 1.54) is 12.1 Å². The van der Waals surface area contributed by atoms with E-state index < -0.39 is 26.6 Å². The molecule has 0 unspecified atom stereocenters. The first-order valence-electron chi connectivity index (χ1n) is 6.54. The number of halogens is 3. The van der Waals surface area contributed by atoms with E-state index in [1.54, 1.807) is 6.92 Å². The number of hydrogen-bond donors (Lipinski definition) is 0. The Kier molecular flexibility index (Phi) is 5.41. The molecule has 0 fully saturated rings. The minimum Gasteiger partial charge on any atom is -0.490 e. The molecular weight excluding hydrogens is 408 g/mol. The molecule has 0 bridgehead atoms. The first-order chi connectivity index (χ1) is 11.3. The highest BCUT2D eigenvalue weighted by molar-refractivity contribution is 9.10. The molecular formula is C15H10BrF2NO4S. The van der Waals surface area contributed by atoms with Crippen LogP contribution in [0.15, 0.2) is 39.7 Å². The Morgan fingerprint density at radius 2 is 1.79 bits per heavy atom. The van der Waals surface area contributed by atoms with Crippen molar-refractivity contribution in [2.45, 2.75) is 11.8 Å². The summed E-state index contributed by atoms with van der Waals surface area (Å²) in [6, 6.07) is 6.33. The van der Waals surface area contributed by atoms with E-state index in [1.807, 2.05) is 6.07 Å². The third-order valence-corrected chi connectivity index (χ3v) is 4.54. The van der Waals surface area contributed by atoms with Crippen LogP contribution in [0.1, 0.15) is 12.5 Å². The fourth-order valence-corrected chi connectivity index (χ4v) is 3.44. The van der Waals surface area contributed by atoms with Crippen LogP contribution in [0.4, 0.5) is 8.78 Å². The number of rotatable bonds is 5. The third kappa shape index (κ3) is 4.01. The Balaban J connectivity index is 2.51. The molecule has 2 aromatic rings. The van der Waals surface area contributed by atoms with E-state index in [0.29, 0.717) is 18.2 Å². The van der Waals surface area contributed by atoms with Crippen LogP contribution in [-0.4, -0.2) is 15.0 Å². The van der Waals surface area contributed by atoms with Gasteiger partial charge in [0.2, 0.25) is 0 Å². The van der Waals surface area contributed by atoms with Gasteiger partial charge in [-0.3, -0.25) is 0 Å². The molecule has 2 aromatic carbocycles. The summed E-state index contributed by atoms with van der Waals surface area (Å²) < 4.78 is 61.4. The highest BCUT2D eigenvalue weighted by Crippen LogP contribution is 2.38. The minimum atomic E-state index is -4.51. The molecule has 0 saturated carbocycles. The summed E-state index contributed by atoms with van der Waals surface area (Å²) in [5.74, 6) is -2.33. The predicted molar refractivity (Wildman–Crippen MR) is 84.2 cm³/mol. The summed E-state index contributed by atoms with van der Waals surface area (Å²) in [5.41, 5.74) is 0.215. The van der Waals surface area contributed by atoms with Crippen LogP contribution in [0, 0.1) is 23.0 Å². The van der Waals surface area contributed by atoms with Crippen LogP contribution in [0.2, 0.25) is 0 Å². The molecule has 0 saturated heterocycles. The smallest absolute Gasteiger partial charge is 0.339 e. The molecule has 0 radical (unpaired) electrons. The summed E-state index contributed by atoms with van der Waals surface area (Å²) in [6.45, 7) is 1.85. The summed E-state index contributed by atoms with van der Waals surface area (Å²) in [7, 11) is -4.51. The van der Waals surface area contributed by atoms with Crippen molar-refractivity contribution in [3.05, 3.63) is 52.0 Å². The number of ether oxygens (including phenoxy) is 1. The Bertz CT molecular complexity index is 906. The SMILES string of the molecule is CCOc1cc(C#N)cc(Br)c1OS(=O)(=O)c1cc(F)cc(F)c1. The minimum absolute atomic E-state index is 0.00359. The highest BCUT2D eigenvalue weighted by atomic mass is 79.9. The Morgan fingerprint density at radius 3 is 2.33 bits per heavy atom. The average Bonchev–Trinajstić information content (AvgIpc) is 2.49. The van der Waals surface area contributed by atoms with Crippen LogP contribution in [0.3, 0.4) is 0 Å². The molecule has 0 aliphatic rings. The maximum absolute atomic E-state index is 13.2. The van der Waals surface area contributed by atoms with Gasteiger partial charge in [-0.05, 0) is 41.1 Å². The largest absolute Gasteiger partial charge is 0.490 e. The zero-order chi connectivity index (χ0) is 17.9. The van der Waals surface area contributed by atoms with Gasteiger partial charge in [-0.25, -0.2) is 8.78 Å². The van der Waals surface area contributed by atoms with Gasteiger partial charge in [0.05, 0.1) is 22.7 Å². The molecule has 0 heterocycles. The highest BCUT2D eigenvalue weighted by Gasteiger charge is 2.23. The molecule has 0 aromatic heterocycles. The van der Waals surface area contributed by atoms with Crippen LogP contribution in [0.25, 0.3) is 0 Å². The van der Waals surface area contributed by atoms with Gasteiger partial charge in [0.25, 0.3) is 0 Å². The Labute approximate surface area is 145 Å². The van der Waals surface area contributed by atoms with Crippen LogP contribution >= 0.6 is 15.9 Å². The lowest BCUT2D eigenvalue weighted by molar-refractivity contribution is 0.327. The normalized spacial score (nSPS) is 11.0. The number of hydrogen-bond acceptors (Lipinski definition) is 5. The number of benzene rings is 2. The van der Waals surface area contributed by atoms with Gasteiger partial charge >= 0.3 is 10.1 Å². The van der Waals surface area contributed by atoms with E-state index in [4.69, 9.17) is 14.2 Å². The van der Waals surface area contributed by atoms with Crippen molar-refractivity contribution in [1.82, 2.24) is 0 Å². The van der Waals surface area contributed by atoms with Gasteiger partial charge in [-0.1, -0.05) is 0 Å². The van der Waals surface area contributed by atoms with Gasteiger partial charge in [0.1, 0.15) is 16.5 Å². The molecule has 0 aliphatic carbocycles. The fraction of sp³-hybridized carbons (Fsp3) is 0.133. The lowest BCUT2D eigenvalue weighted by Crippen LogP contribution is -2.12. The molecule has 2 rings (SSSR count). The second-order valence-corrected chi connectivity index (χ2v) is 6.87.